The number of rotatable bonds is 5. The second-order valence-corrected chi connectivity index (χ2v) is 6.68. The van der Waals surface area contributed by atoms with E-state index >= 15 is 0 Å². The summed E-state index contributed by atoms with van der Waals surface area (Å²) in [5.74, 6) is -4.61. The Morgan fingerprint density at radius 2 is 1.79 bits per heavy atom. The van der Waals surface area contributed by atoms with Crippen LogP contribution in [0.1, 0.15) is 15.9 Å². The molecule has 0 fully saturated rings. The molecule has 7 nitrogen and oxygen atoms in total. The highest BCUT2D eigenvalue weighted by Crippen LogP contribution is 2.28. The van der Waals surface area contributed by atoms with Gasteiger partial charge < -0.3 is 9.90 Å². The van der Waals surface area contributed by atoms with E-state index in [2.05, 4.69) is 0 Å². The van der Waals surface area contributed by atoms with Crippen LogP contribution >= 0.6 is 0 Å². The highest BCUT2D eigenvalue weighted by molar-refractivity contribution is 7.90. The molecule has 0 amide bonds. The van der Waals surface area contributed by atoms with Crippen molar-refractivity contribution >= 4 is 21.5 Å². The summed E-state index contributed by atoms with van der Waals surface area (Å²) in [6, 6.07) is 4.25. The van der Waals surface area contributed by atoms with Crippen LogP contribution < -0.4 is 5.11 Å². The molecule has 24 heavy (non-hydrogen) atoms. The summed E-state index contributed by atoms with van der Waals surface area (Å²) in [5, 5.41) is 21.7. The maximum Gasteiger partial charge on any atom is 0.288 e. The minimum absolute atomic E-state index is 0.506. The van der Waals surface area contributed by atoms with E-state index in [1.54, 1.807) is 0 Å². The van der Waals surface area contributed by atoms with E-state index in [1.165, 1.54) is 0 Å². The van der Waals surface area contributed by atoms with Gasteiger partial charge in [0.2, 0.25) is 0 Å². The number of nitro benzene ring substituents is 1. The minimum Gasteiger partial charge on any atom is -0.545 e. The van der Waals surface area contributed by atoms with Crippen LogP contribution in [0.15, 0.2) is 41.3 Å². The molecule has 0 heterocycles. The van der Waals surface area contributed by atoms with Crippen LogP contribution in [0.3, 0.4) is 0 Å². The quantitative estimate of drug-likeness (QED) is 0.587. The van der Waals surface area contributed by atoms with Crippen LogP contribution in [0.5, 0.6) is 0 Å². The van der Waals surface area contributed by atoms with Crippen molar-refractivity contribution < 1.29 is 32.0 Å². The summed E-state index contributed by atoms with van der Waals surface area (Å²) in [6.07, 6.45) is 0. The van der Waals surface area contributed by atoms with E-state index in [1.807, 2.05) is 0 Å². The van der Waals surface area contributed by atoms with Gasteiger partial charge in [-0.3, -0.25) is 10.1 Å². The van der Waals surface area contributed by atoms with Gasteiger partial charge in [-0.05, 0) is 24.3 Å². The van der Waals surface area contributed by atoms with Gasteiger partial charge in [-0.1, -0.05) is 6.07 Å². The fraction of sp³-hybridized carbons (Fsp3) is 0.0714. The summed E-state index contributed by atoms with van der Waals surface area (Å²) in [4.78, 5) is 19.9. The summed E-state index contributed by atoms with van der Waals surface area (Å²) < 4.78 is 51.4. The van der Waals surface area contributed by atoms with Gasteiger partial charge in [0.1, 0.15) is 16.5 Å². The zero-order valence-electron chi connectivity index (χ0n) is 11.7. The van der Waals surface area contributed by atoms with E-state index in [4.69, 9.17) is 0 Å². The van der Waals surface area contributed by atoms with Crippen molar-refractivity contribution in [2.75, 3.05) is 0 Å². The lowest BCUT2D eigenvalue weighted by molar-refractivity contribution is -0.387. The number of nitrogens with zero attached hydrogens (tertiary/aromatic N) is 1. The molecule has 0 aliphatic carbocycles. The van der Waals surface area contributed by atoms with E-state index in [-0.39, 0.29) is 0 Å². The Morgan fingerprint density at radius 3 is 2.38 bits per heavy atom. The predicted octanol–water partition coefficient (Wildman–Crippen LogP) is 1.21. The molecular weight excluding hydrogens is 348 g/mol. The number of carboxylic acids is 1. The van der Waals surface area contributed by atoms with Crippen molar-refractivity contribution in [1.29, 1.82) is 0 Å². The molecule has 0 saturated heterocycles. The van der Waals surface area contributed by atoms with Gasteiger partial charge >= 0.3 is 0 Å². The average Bonchev–Trinajstić information content (AvgIpc) is 2.50. The van der Waals surface area contributed by atoms with Gasteiger partial charge in [-0.25, -0.2) is 17.2 Å². The number of hydrogen-bond acceptors (Lipinski definition) is 6. The number of carbonyl (C=O) groups excluding carboxylic acids is 1. The summed E-state index contributed by atoms with van der Waals surface area (Å²) >= 11 is 0. The lowest BCUT2D eigenvalue weighted by Gasteiger charge is -2.09. The number of halogens is 2. The fourth-order valence-electron chi connectivity index (χ4n) is 1.99. The summed E-state index contributed by atoms with van der Waals surface area (Å²) in [5.41, 5.74) is -2.08. The molecule has 2 aromatic rings. The highest BCUT2D eigenvalue weighted by atomic mass is 32.2. The monoisotopic (exact) mass is 356 g/mol. The van der Waals surface area contributed by atoms with Crippen molar-refractivity contribution in [1.82, 2.24) is 0 Å². The normalized spacial score (nSPS) is 11.2. The molecule has 0 spiro atoms. The topological polar surface area (TPSA) is 117 Å². The molecule has 0 radical (unpaired) electrons. The molecule has 0 aliphatic heterocycles. The molecule has 126 valence electrons. The molecule has 0 unspecified atom stereocenters. The van der Waals surface area contributed by atoms with Gasteiger partial charge in [0, 0.05) is 17.2 Å². The highest BCUT2D eigenvalue weighted by Gasteiger charge is 2.27. The maximum absolute atomic E-state index is 13.6. The number of nitro groups is 1. The molecule has 0 atom stereocenters. The first kappa shape index (κ1) is 17.5. The Bertz CT molecular complexity index is 942. The molecule has 0 bridgehead atoms. The Morgan fingerprint density at radius 1 is 1.12 bits per heavy atom. The number of carboxylic acid groups (broad SMARTS) is 1. The van der Waals surface area contributed by atoms with Crippen LogP contribution in [0.2, 0.25) is 0 Å². The van der Waals surface area contributed by atoms with Crippen LogP contribution in [0.4, 0.5) is 14.5 Å². The first-order valence-corrected chi connectivity index (χ1v) is 7.93. The summed E-state index contributed by atoms with van der Waals surface area (Å²) in [6.45, 7) is 0. The summed E-state index contributed by atoms with van der Waals surface area (Å²) in [7, 11) is -4.43. The zero-order chi connectivity index (χ0) is 18.1. The zero-order valence-corrected chi connectivity index (χ0v) is 12.5. The second-order valence-electron chi connectivity index (χ2n) is 4.72. The minimum atomic E-state index is -4.43. The third-order valence-corrected chi connectivity index (χ3v) is 4.79. The average molecular weight is 356 g/mol. The first-order chi connectivity index (χ1) is 11.1. The molecule has 2 aromatic carbocycles. The lowest BCUT2D eigenvalue weighted by atomic mass is 10.2. The SMILES string of the molecule is O=C([O-])c1ccc(S(=O)(=O)Cc2cc(F)ccc2F)c([N+](=O)[O-])c1. The number of sulfone groups is 1. The molecule has 0 aliphatic rings. The molecule has 0 saturated carbocycles. The van der Waals surface area contributed by atoms with Crippen LogP contribution in [-0.4, -0.2) is 19.3 Å². The number of hydrogen-bond donors (Lipinski definition) is 0. The van der Waals surface area contributed by atoms with Gasteiger partial charge in [-0.15, -0.1) is 0 Å². The van der Waals surface area contributed by atoms with Crippen molar-refractivity contribution in [2.24, 2.45) is 0 Å². The molecular formula is C14H8F2NO6S-. The van der Waals surface area contributed by atoms with Crippen molar-refractivity contribution in [2.45, 2.75) is 10.6 Å². The van der Waals surface area contributed by atoms with Gasteiger partial charge in [0.25, 0.3) is 5.69 Å². The predicted molar refractivity (Wildman–Crippen MR) is 74.7 cm³/mol. The van der Waals surface area contributed by atoms with E-state index in [0.29, 0.717) is 12.1 Å². The fourth-order valence-corrected chi connectivity index (χ4v) is 3.50. The van der Waals surface area contributed by atoms with Crippen molar-refractivity contribution in [3.8, 4) is 0 Å². The molecule has 10 heteroatoms. The Hall–Kier alpha value is -2.88. The first-order valence-electron chi connectivity index (χ1n) is 6.28. The van der Waals surface area contributed by atoms with Crippen LogP contribution in [-0.2, 0) is 15.6 Å². The molecule has 0 N–H and O–H groups in total. The van der Waals surface area contributed by atoms with Crippen LogP contribution in [0, 0.1) is 21.7 Å². The van der Waals surface area contributed by atoms with E-state index in [0.717, 1.165) is 24.3 Å². The van der Waals surface area contributed by atoms with Crippen LogP contribution in [0.25, 0.3) is 0 Å². The molecule has 0 aromatic heterocycles. The Balaban J connectivity index is 2.55. The third kappa shape index (κ3) is 3.54. The van der Waals surface area contributed by atoms with Gasteiger partial charge in [0.05, 0.1) is 16.6 Å². The number of aromatic carboxylic acids is 1. The third-order valence-electron chi connectivity index (χ3n) is 3.08. The Kier molecular flexibility index (Phi) is 4.60. The lowest BCUT2D eigenvalue weighted by Crippen LogP contribution is -2.22. The standard InChI is InChI=1S/C14H9F2NO6S/c15-10-2-3-11(16)9(5-10)7-24(22,23)13-4-1-8(14(18)19)6-12(13)17(20)21/h1-6H,7H2,(H,18,19)/p-1. The Labute approximate surface area is 134 Å². The maximum atomic E-state index is 13.6. The molecule has 2 rings (SSSR count). The smallest absolute Gasteiger partial charge is 0.288 e. The van der Waals surface area contributed by atoms with Gasteiger partial charge in [-0.2, -0.15) is 0 Å². The van der Waals surface area contributed by atoms with Crippen molar-refractivity contribution in [3.05, 3.63) is 69.3 Å². The number of carbonyl (C=O) groups is 1. The van der Waals surface area contributed by atoms with Gasteiger partial charge in [0.15, 0.2) is 9.84 Å². The largest absolute Gasteiger partial charge is 0.545 e. The number of benzene rings is 2. The van der Waals surface area contributed by atoms with Crippen molar-refractivity contribution in [3.63, 3.8) is 0 Å². The second kappa shape index (κ2) is 6.32. The van der Waals surface area contributed by atoms with E-state index < -0.39 is 59.8 Å². The van der Waals surface area contributed by atoms with E-state index in [9.17, 15) is 37.2 Å².